The molecule has 2 aromatic heterocycles. The van der Waals surface area contributed by atoms with Crippen molar-refractivity contribution in [1.29, 1.82) is 0 Å². The van der Waals surface area contributed by atoms with Crippen LogP contribution in [0.3, 0.4) is 0 Å². The molecule has 4 aromatic rings. The number of nitrogens with zero attached hydrogens (tertiary/aromatic N) is 2. The maximum absolute atomic E-state index is 14.3. The summed E-state index contributed by atoms with van der Waals surface area (Å²) in [7, 11) is 0. The first-order valence-electron chi connectivity index (χ1n) is 11.5. The molecule has 4 nitrogen and oxygen atoms in total. The topological polar surface area (TPSA) is 37.3 Å². The highest BCUT2D eigenvalue weighted by atomic mass is 32.1. The lowest BCUT2D eigenvalue weighted by atomic mass is 9.95. The Kier molecular flexibility index (Phi) is 5.21. The van der Waals surface area contributed by atoms with Crippen molar-refractivity contribution in [1.82, 2.24) is 9.47 Å². The molecule has 1 aliphatic carbocycles. The standard InChI is InChI=1S/C27H23F2N3OS/c28-18-13-17(14-19(29)15-18)25-23-10-6-12-31(23)26-22(21-9-4-5-11-24(21)34-26)16-32(25)27(33)30-20-7-2-1-3-8-20/h1-3,6-8,10,12-15,25H,4-5,9,11,16H2,(H,30,33). The van der Waals surface area contributed by atoms with E-state index < -0.39 is 17.7 Å². The van der Waals surface area contributed by atoms with Gasteiger partial charge < -0.3 is 14.8 Å². The predicted molar refractivity (Wildman–Crippen MR) is 129 cm³/mol. The number of para-hydroxylation sites is 1. The van der Waals surface area contributed by atoms with Gasteiger partial charge in [-0.1, -0.05) is 18.2 Å². The number of anilines is 1. The zero-order valence-corrected chi connectivity index (χ0v) is 19.2. The first kappa shape index (κ1) is 21.1. The average Bonchev–Trinajstić information content (AvgIpc) is 3.41. The number of urea groups is 1. The molecule has 7 heteroatoms. The van der Waals surface area contributed by atoms with Crippen molar-refractivity contribution in [3.8, 4) is 5.00 Å². The summed E-state index contributed by atoms with van der Waals surface area (Å²) in [6, 6.07) is 15.7. The van der Waals surface area contributed by atoms with Crippen molar-refractivity contribution in [2.75, 3.05) is 5.32 Å². The van der Waals surface area contributed by atoms with Gasteiger partial charge in [-0.05, 0) is 73.2 Å². The van der Waals surface area contributed by atoms with Crippen molar-refractivity contribution in [2.45, 2.75) is 38.3 Å². The van der Waals surface area contributed by atoms with Gasteiger partial charge in [-0.3, -0.25) is 0 Å². The van der Waals surface area contributed by atoms with Gasteiger partial charge in [0.2, 0.25) is 0 Å². The molecule has 0 spiro atoms. The molecule has 172 valence electrons. The number of halogens is 2. The number of fused-ring (bicyclic) bond motifs is 5. The summed E-state index contributed by atoms with van der Waals surface area (Å²) >= 11 is 1.78. The molecule has 6 rings (SSSR count). The third-order valence-corrected chi connectivity index (χ3v) is 8.00. The number of amides is 2. The lowest BCUT2D eigenvalue weighted by molar-refractivity contribution is 0.194. The van der Waals surface area contributed by atoms with Crippen LogP contribution in [-0.2, 0) is 19.4 Å². The van der Waals surface area contributed by atoms with Gasteiger partial charge >= 0.3 is 6.03 Å². The third-order valence-electron chi connectivity index (χ3n) is 6.67. The summed E-state index contributed by atoms with van der Waals surface area (Å²) in [5.74, 6) is -1.32. The first-order valence-corrected chi connectivity index (χ1v) is 12.3. The molecule has 3 heterocycles. The molecule has 0 saturated heterocycles. The van der Waals surface area contributed by atoms with E-state index in [0.29, 0.717) is 17.8 Å². The van der Waals surface area contributed by atoms with Gasteiger partial charge in [0.25, 0.3) is 0 Å². The van der Waals surface area contributed by atoms with E-state index in [9.17, 15) is 13.6 Å². The normalized spacial score (nSPS) is 16.9. The Balaban J connectivity index is 1.53. The molecule has 2 aromatic carbocycles. The Morgan fingerprint density at radius 2 is 1.71 bits per heavy atom. The molecule has 1 aliphatic heterocycles. The Labute approximate surface area is 200 Å². The minimum Gasteiger partial charge on any atom is -0.310 e. The smallest absolute Gasteiger partial charge is 0.310 e. The van der Waals surface area contributed by atoms with Crippen LogP contribution in [0.15, 0.2) is 66.9 Å². The lowest BCUT2D eigenvalue weighted by Gasteiger charge is -2.31. The van der Waals surface area contributed by atoms with Crippen LogP contribution >= 0.6 is 11.3 Å². The van der Waals surface area contributed by atoms with Crippen LogP contribution in [0, 0.1) is 11.6 Å². The van der Waals surface area contributed by atoms with E-state index in [1.165, 1.54) is 29.0 Å². The summed E-state index contributed by atoms with van der Waals surface area (Å²) in [5, 5.41) is 4.09. The molecule has 0 fully saturated rings. The number of hydrogen-bond acceptors (Lipinski definition) is 2. The molecule has 1 N–H and O–H groups in total. The number of aryl methyl sites for hydroxylation is 1. The SMILES string of the molecule is O=C(Nc1ccccc1)N1Cc2c(sc3c2CCCC3)-n2cccc2C1c1cc(F)cc(F)c1. The first-order chi connectivity index (χ1) is 16.6. The number of carbonyl (C=O) groups is 1. The van der Waals surface area contributed by atoms with E-state index in [1.54, 1.807) is 16.2 Å². The van der Waals surface area contributed by atoms with Gasteiger partial charge in [0, 0.05) is 28.4 Å². The van der Waals surface area contributed by atoms with Crippen LogP contribution < -0.4 is 5.32 Å². The van der Waals surface area contributed by atoms with Crippen molar-refractivity contribution < 1.29 is 13.6 Å². The maximum Gasteiger partial charge on any atom is 0.322 e. The van der Waals surface area contributed by atoms with Gasteiger partial charge in [0.1, 0.15) is 22.7 Å². The number of hydrogen-bond donors (Lipinski definition) is 1. The highest BCUT2D eigenvalue weighted by molar-refractivity contribution is 7.15. The Bertz CT molecular complexity index is 1360. The minimum absolute atomic E-state index is 0.308. The van der Waals surface area contributed by atoms with Crippen molar-refractivity contribution in [3.05, 3.63) is 106 Å². The van der Waals surface area contributed by atoms with Gasteiger partial charge in [-0.15, -0.1) is 11.3 Å². The lowest BCUT2D eigenvalue weighted by Crippen LogP contribution is -2.38. The molecule has 2 aliphatic rings. The summed E-state index contributed by atoms with van der Waals surface area (Å²) in [4.78, 5) is 16.8. The van der Waals surface area contributed by atoms with E-state index in [2.05, 4.69) is 9.88 Å². The molecular formula is C27H23F2N3OS. The fourth-order valence-corrected chi connectivity index (χ4v) is 6.59. The second kappa shape index (κ2) is 8.40. The molecule has 0 radical (unpaired) electrons. The predicted octanol–water partition coefficient (Wildman–Crippen LogP) is 6.83. The molecule has 1 unspecified atom stereocenters. The van der Waals surface area contributed by atoms with Gasteiger partial charge in [0.15, 0.2) is 0 Å². The maximum atomic E-state index is 14.3. The average molecular weight is 476 g/mol. The Hall–Kier alpha value is -3.45. The second-order valence-electron chi connectivity index (χ2n) is 8.83. The van der Waals surface area contributed by atoms with Gasteiger partial charge in [-0.25, -0.2) is 13.6 Å². The summed E-state index contributed by atoms with van der Waals surface area (Å²) in [5.41, 5.74) is 4.35. The number of carbonyl (C=O) groups excluding carboxylic acids is 1. The fraction of sp³-hybridized carbons (Fsp3) is 0.222. The molecule has 0 saturated carbocycles. The fourth-order valence-electron chi connectivity index (χ4n) is 5.19. The van der Waals surface area contributed by atoms with Crippen LogP contribution in [0.1, 0.15) is 46.1 Å². The van der Waals surface area contributed by atoms with Crippen LogP contribution in [0.25, 0.3) is 5.00 Å². The molecule has 0 bridgehead atoms. The van der Waals surface area contributed by atoms with Crippen molar-refractivity contribution in [3.63, 3.8) is 0 Å². The van der Waals surface area contributed by atoms with E-state index in [0.717, 1.165) is 41.6 Å². The third kappa shape index (κ3) is 3.60. The number of nitrogens with one attached hydrogen (secondary N) is 1. The number of benzene rings is 2. The van der Waals surface area contributed by atoms with E-state index in [1.807, 2.05) is 48.7 Å². The van der Waals surface area contributed by atoms with Crippen LogP contribution in [0.5, 0.6) is 0 Å². The summed E-state index contributed by atoms with van der Waals surface area (Å²) in [6.45, 7) is 0.365. The summed E-state index contributed by atoms with van der Waals surface area (Å²) in [6.07, 6.45) is 6.33. The highest BCUT2D eigenvalue weighted by Gasteiger charge is 2.36. The van der Waals surface area contributed by atoms with Gasteiger partial charge in [-0.2, -0.15) is 0 Å². The highest BCUT2D eigenvalue weighted by Crippen LogP contribution is 2.44. The molecule has 34 heavy (non-hydrogen) atoms. The van der Waals surface area contributed by atoms with Crippen LogP contribution in [-0.4, -0.2) is 15.5 Å². The zero-order valence-electron chi connectivity index (χ0n) is 18.4. The molecule has 2 amide bonds. The summed E-state index contributed by atoms with van der Waals surface area (Å²) < 4.78 is 30.8. The molecular weight excluding hydrogens is 452 g/mol. The second-order valence-corrected chi connectivity index (χ2v) is 9.91. The van der Waals surface area contributed by atoms with E-state index >= 15 is 0 Å². The van der Waals surface area contributed by atoms with Crippen LogP contribution in [0.2, 0.25) is 0 Å². The zero-order chi connectivity index (χ0) is 23.2. The Morgan fingerprint density at radius 3 is 2.50 bits per heavy atom. The number of aromatic nitrogens is 1. The monoisotopic (exact) mass is 475 g/mol. The number of rotatable bonds is 2. The van der Waals surface area contributed by atoms with Crippen molar-refractivity contribution in [2.24, 2.45) is 0 Å². The van der Waals surface area contributed by atoms with Crippen molar-refractivity contribution >= 4 is 23.1 Å². The van der Waals surface area contributed by atoms with E-state index in [-0.39, 0.29) is 6.03 Å². The van der Waals surface area contributed by atoms with Crippen LogP contribution in [0.4, 0.5) is 19.3 Å². The Morgan fingerprint density at radius 1 is 0.941 bits per heavy atom. The number of thiophene rings is 1. The van der Waals surface area contributed by atoms with E-state index in [4.69, 9.17) is 0 Å². The van der Waals surface area contributed by atoms with Gasteiger partial charge in [0.05, 0.1) is 12.2 Å². The largest absolute Gasteiger partial charge is 0.322 e. The quantitative estimate of drug-likeness (QED) is 0.339. The molecule has 1 atom stereocenters. The minimum atomic E-state index is -0.659.